The van der Waals surface area contributed by atoms with Crippen LogP contribution < -0.4 is 14.2 Å². The zero-order valence-electron chi connectivity index (χ0n) is 16.0. The molecule has 0 amide bonds. The van der Waals surface area contributed by atoms with Crippen LogP contribution in [0.15, 0.2) is 59.0 Å². The summed E-state index contributed by atoms with van der Waals surface area (Å²) in [6, 6.07) is 15.8. The molecule has 1 aromatic heterocycles. The number of halogens is 1. The molecular formula is C22H19ClN2O3S. The van der Waals surface area contributed by atoms with Crippen LogP contribution >= 0.6 is 22.9 Å². The largest absolute Gasteiger partial charge is 0.493 e. The highest BCUT2D eigenvalue weighted by molar-refractivity contribution is 7.12. The average molecular weight is 427 g/mol. The van der Waals surface area contributed by atoms with E-state index in [0.717, 1.165) is 29.0 Å². The van der Waals surface area contributed by atoms with Gasteiger partial charge in [-0.1, -0.05) is 17.7 Å². The van der Waals surface area contributed by atoms with E-state index in [1.165, 1.54) is 4.88 Å². The molecule has 0 spiro atoms. The number of nitrogens with zero attached hydrogens (tertiary/aromatic N) is 2. The second kappa shape index (κ2) is 7.28. The molecule has 2 aliphatic heterocycles. The van der Waals surface area contributed by atoms with Crippen molar-refractivity contribution >= 4 is 28.6 Å². The number of hydrogen-bond donors (Lipinski definition) is 0. The topological polar surface area (TPSA) is 43.3 Å². The molecule has 3 heterocycles. The Kier molecular flexibility index (Phi) is 4.60. The van der Waals surface area contributed by atoms with Crippen LogP contribution in [0.2, 0.25) is 5.02 Å². The highest BCUT2D eigenvalue weighted by Gasteiger charge is 2.41. The summed E-state index contributed by atoms with van der Waals surface area (Å²) in [5.41, 5.74) is 3.07. The molecule has 148 valence electrons. The lowest BCUT2D eigenvalue weighted by molar-refractivity contribution is -0.0191. The van der Waals surface area contributed by atoms with Crippen LogP contribution in [0.3, 0.4) is 0 Å². The number of thiophene rings is 1. The maximum Gasteiger partial charge on any atom is 0.214 e. The van der Waals surface area contributed by atoms with Crippen molar-refractivity contribution in [2.45, 2.75) is 18.7 Å². The second-order valence-corrected chi connectivity index (χ2v) is 8.27. The highest BCUT2D eigenvalue weighted by atomic mass is 35.5. The first-order chi connectivity index (χ1) is 14.2. The van der Waals surface area contributed by atoms with Crippen LogP contribution in [-0.4, -0.2) is 24.9 Å². The van der Waals surface area contributed by atoms with E-state index in [1.807, 2.05) is 47.5 Å². The third kappa shape index (κ3) is 3.12. The number of methoxy groups -OCH3 is 2. The van der Waals surface area contributed by atoms with E-state index in [0.29, 0.717) is 16.5 Å². The van der Waals surface area contributed by atoms with Gasteiger partial charge in [-0.25, -0.2) is 5.01 Å². The first-order valence-electron chi connectivity index (χ1n) is 9.25. The van der Waals surface area contributed by atoms with Crippen LogP contribution in [0.5, 0.6) is 17.2 Å². The van der Waals surface area contributed by atoms with Gasteiger partial charge in [0.25, 0.3) is 0 Å². The Morgan fingerprint density at radius 2 is 1.97 bits per heavy atom. The fraction of sp³-hybridized carbons (Fsp3) is 0.227. The number of rotatable bonds is 4. The molecule has 0 bridgehead atoms. The summed E-state index contributed by atoms with van der Waals surface area (Å²) in [6.07, 6.45) is 0.437. The summed E-state index contributed by atoms with van der Waals surface area (Å²) in [5.74, 6) is 2.17. The maximum atomic E-state index is 6.39. The van der Waals surface area contributed by atoms with Crippen molar-refractivity contribution < 1.29 is 14.2 Å². The molecule has 7 heteroatoms. The Labute approximate surface area is 178 Å². The fourth-order valence-electron chi connectivity index (χ4n) is 3.88. The highest BCUT2D eigenvalue weighted by Crippen LogP contribution is 2.49. The lowest BCUT2D eigenvalue weighted by atomic mass is 9.97. The quantitative estimate of drug-likeness (QED) is 0.539. The van der Waals surface area contributed by atoms with E-state index in [4.69, 9.17) is 30.9 Å². The van der Waals surface area contributed by atoms with Gasteiger partial charge in [-0.3, -0.25) is 0 Å². The number of hydrazone groups is 1. The molecule has 2 aliphatic rings. The molecule has 5 rings (SSSR count). The number of hydrogen-bond acceptors (Lipinski definition) is 6. The number of ether oxygens (including phenoxy) is 3. The first kappa shape index (κ1) is 18.3. The van der Waals surface area contributed by atoms with Crippen molar-refractivity contribution in [3.05, 3.63) is 74.9 Å². The third-order valence-electron chi connectivity index (χ3n) is 5.25. The lowest BCUT2D eigenvalue weighted by Crippen LogP contribution is -2.33. The van der Waals surface area contributed by atoms with Crippen molar-refractivity contribution in [2.75, 3.05) is 14.2 Å². The molecule has 2 aromatic carbocycles. The predicted molar refractivity (Wildman–Crippen MR) is 114 cm³/mol. The van der Waals surface area contributed by atoms with E-state index >= 15 is 0 Å². The minimum Gasteiger partial charge on any atom is -0.493 e. The molecule has 5 nitrogen and oxygen atoms in total. The standard InChI is InChI=1S/C22H19ClN2O3S/c1-26-19-7-5-13(10-20(19)27-2)22-25-17(12-16(24-25)21-4-3-9-29-21)15-11-14(23)6-8-18(15)28-22/h3-11,17,22H,12H2,1-2H3. The molecular weight excluding hydrogens is 408 g/mol. The van der Waals surface area contributed by atoms with Gasteiger partial charge in [0.1, 0.15) is 5.75 Å². The van der Waals surface area contributed by atoms with Crippen molar-refractivity contribution in [3.63, 3.8) is 0 Å². The Balaban J connectivity index is 1.60. The summed E-state index contributed by atoms with van der Waals surface area (Å²) in [6.45, 7) is 0. The third-order valence-corrected chi connectivity index (χ3v) is 6.40. The van der Waals surface area contributed by atoms with Crippen molar-refractivity contribution in [3.8, 4) is 17.2 Å². The Morgan fingerprint density at radius 1 is 1.10 bits per heavy atom. The molecule has 0 saturated carbocycles. The first-order valence-corrected chi connectivity index (χ1v) is 10.5. The van der Waals surface area contributed by atoms with Gasteiger partial charge in [0.2, 0.25) is 6.23 Å². The van der Waals surface area contributed by atoms with Gasteiger partial charge in [0, 0.05) is 22.6 Å². The van der Waals surface area contributed by atoms with Gasteiger partial charge in [-0.2, -0.15) is 5.10 Å². The van der Waals surface area contributed by atoms with Crippen molar-refractivity contribution in [1.82, 2.24) is 5.01 Å². The smallest absolute Gasteiger partial charge is 0.214 e. The Bertz CT molecular complexity index is 1080. The number of fused-ring (bicyclic) bond motifs is 3. The van der Waals surface area contributed by atoms with Gasteiger partial charge < -0.3 is 14.2 Å². The normalized spacial score (nSPS) is 19.8. The van der Waals surface area contributed by atoms with Crippen LogP contribution in [0.1, 0.15) is 34.7 Å². The summed E-state index contributed by atoms with van der Waals surface area (Å²) >= 11 is 7.99. The van der Waals surface area contributed by atoms with E-state index in [2.05, 4.69) is 11.4 Å². The van der Waals surface area contributed by atoms with Crippen LogP contribution in [0.25, 0.3) is 0 Å². The van der Waals surface area contributed by atoms with E-state index in [9.17, 15) is 0 Å². The van der Waals surface area contributed by atoms with E-state index in [-0.39, 0.29) is 12.3 Å². The molecule has 0 saturated heterocycles. The van der Waals surface area contributed by atoms with Crippen LogP contribution in [0, 0.1) is 0 Å². The minimum atomic E-state index is -0.369. The maximum absolute atomic E-state index is 6.39. The summed E-state index contributed by atoms with van der Waals surface area (Å²) in [5, 5.41) is 9.76. The fourth-order valence-corrected chi connectivity index (χ4v) is 4.78. The van der Waals surface area contributed by atoms with Gasteiger partial charge in [0.15, 0.2) is 11.5 Å². The Morgan fingerprint density at radius 3 is 2.72 bits per heavy atom. The van der Waals surface area contributed by atoms with E-state index in [1.54, 1.807) is 25.6 Å². The minimum absolute atomic E-state index is 0.0626. The molecule has 0 aliphatic carbocycles. The van der Waals surface area contributed by atoms with Gasteiger partial charge in [-0.15, -0.1) is 11.3 Å². The van der Waals surface area contributed by atoms with Gasteiger partial charge >= 0.3 is 0 Å². The zero-order chi connectivity index (χ0) is 20.0. The Hall–Kier alpha value is -2.70. The van der Waals surface area contributed by atoms with E-state index < -0.39 is 0 Å². The molecule has 3 aromatic rings. The van der Waals surface area contributed by atoms with Crippen molar-refractivity contribution in [2.24, 2.45) is 5.10 Å². The summed E-state index contributed by atoms with van der Waals surface area (Å²) in [7, 11) is 3.26. The monoisotopic (exact) mass is 426 g/mol. The molecule has 2 atom stereocenters. The van der Waals surface area contributed by atoms with Gasteiger partial charge in [-0.05, 0) is 47.8 Å². The molecule has 0 radical (unpaired) electrons. The van der Waals surface area contributed by atoms with Crippen LogP contribution in [0.4, 0.5) is 0 Å². The molecule has 29 heavy (non-hydrogen) atoms. The number of benzene rings is 2. The average Bonchev–Trinajstić information content (AvgIpc) is 3.42. The summed E-state index contributed by atoms with van der Waals surface area (Å²) < 4.78 is 17.3. The van der Waals surface area contributed by atoms with Gasteiger partial charge in [0.05, 0.1) is 30.9 Å². The zero-order valence-corrected chi connectivity index (χ0v) is 17.5. The lowest BCUT2D eigenvalue weighted by Gasteiger charge is -2.38. The SMILES string of the molecule is COc1ccc(C2Oc3ccc(Cl)cc3C3CC(c4cccs4)=NN32)cc1OC. The molecule has 0 N–H and O–H groups in total. The second-order valence-electron chi connectivity index (χ2n) is 6.89. The van der Waals surface area contributed by atoms with Crippen LogP contribution in [-0.2, 0) is 0 Å². The molecule has 2 unspecified atom stereocenters. The molecule has 0 fully saturated rings. The predicted octanol–water partition coefficient (Wildman–Crippen LogP) is 5.66. The summed E-state index contributed by atoms with van der Waals surface area (Å²) in [4.78, 5) is 1.18. The van der Waals surface area contributed by atoms with Crippen molar-refractivity contribution in [1.29, 1.82) is 0 Å².